The number of benzene rings is 2. The first kappa shape index (κ1) is 29.5. The molecule has 0 atom stereocenters. The molecule has 2 aromatic heterocycles. The Hall–Kier alpha value is -4.49. The third-order valence-electron chi connectivity index (χ3n) is 5.88. The lowest BCUT2D eigenvalue weighted by Crippen LogP contribution is -2.28. The predicted octanol–water partition coefficient (Wildman–Crippen LogP) is 8.11. The highest BCUT2D eigenvalue weighted by atomic mass is 19.4. The van der Waals surface area contributed by atoms with E-state index < -0.39 is 42.0 Å². The summed E-state index contributed by atoms with van der Waals surface area (Å²) in [5.74, 6) is -1.14. The van der Waals surface area contributed by atoms with Gasteiger partial charge < -0.3 is 19.9 Å². The summed E-state index contributed by atoms with van der Waals surface area (Å²) in [5, 5.41) is 14.3. The van der Waals surface area contributed by atoms with Gasteiger partial charge in [0.15, 0.2) is 0 Å². The van der Waals surface area contributed by atoms with Gasteiger partial charge in [0.25, 0.3) is 0 Å². The highest BCUT2D eigenvalue weighted by Crippen LogP contribution is 2.41. The molecule has 6 nitrogen and oxygen atoms in total. The summed E-state index contributed by atoms with van der Waals surface area (Å²) in [6, 6.07) is 13.5. The van der Waals surface area contributed by atoms with E-state index in [9.17, 15) is 40.2 Å². The lowest BCUT2D eigenvalue weighted by Gasteiger charge is -2.27. The number of pyridine rings is 1. The molecule has 2 heterocycles. The van der Waals surface area contributed by atoms with Crippen molar-refractivity contribution in [1.82, 2.24) is 9.55 Å². The van der Waals surface area contributed by atoms with Crippen LogP contribution >= 0.6 is 0 Å². The van der Waals surface area contributed by atoms with Crippen molar-refractivity contribution in [3.05, 3.63) is 84.2 Å². The quantitative estimate of drug-likeness (QED) is 0.204. The number of hydrogen-bond donors (Lipinski definition) is 2. The van der Waals surface area contributed by atoms with Crippen molar-refractivity contribution < 1.29 is 49.7 Å². The molecule has 41 heavy (non-hydrogen) atoms. The Morgan fingerprint density at radius 3 is 2.12 bits per heavy atom. The first-order valence-electron chi connectivity index (χ1n) is 11.7. The summed E-state index contributed by atoms with van der Waals surface area (Å²) < 4.78 is 112. The molecule has 0 unspecified atom stereocenters. The summed E-state index contributed by atoms with van der Waals surface area (Å²) >= 11 is 0. The Labute approximate surface area is 227 Å². The second-order valence-corrected chi connectivity index (χ2v) is 9.23. The molecule has 218 valence electrons. The van der Waals surface area contributed by atoms with E-state index in [-0.39, 0.29) is 28.4 Å². The van der Waals surface area contributed by atoms with Gasteiger partial charge in [0.2, 0.25) is 5.88 Å². The molecule has 0 aliphatic carbocycles. The average molecular weight is 587 g/mol. The highest BCUT2D eigenvalue weighted by Gasteiger charge is 2.34. The number of aromatic hydroxyl groups is 1. The number of alkyl halides is 8. The number of anilines is 1. The van der Waals surface area contributed by atoms with Crippen LogP contribution in [0.3, 0.4) is 0 Å². The highest BCUT2D eigenvalue weighted by molar-refractivity contribution is 5.75. The third-order valence-corrected chi connectivity index (χ3v) is 5.88. The summed E-state index contributed by atoms with van der Waals surface area (Å²) in [4.78, 5) is 3.47. The van der Waals surface area contributed by atoms with Crippen LogP contribution in [0.15, 0.2) is 72.9 Å². The van der Waals surface area contributed by atoms with E-state index in [0.717, 1.165) is 24.4 Å². The summed E-state index contributed by atoms with van der Waals surface area (Å²) in [5.41, 5.74) is -1.10. The van der Waals surface area contributed by atoms with Gasteiger partial charge in [-0.2, -0.15) is 22.0 Å². The third kappa shape index (κ3) is 6.99. The molecule has 0 radical (unpaired) electrons. The van der Waals surface area contributed by atoms with E-state index >= 15 is 0 Å². The van der Waals surface area contributed by atoms with E-state index in [4.69, 9.17) is 0 Å². The van der Waals surface area contributed by atoms with Gasteiger partial charge in [-0.25, -0.2) is 0 Å². The van der Waals surface area contributed by atoms with E-state index in [1.165, 1.54) is 53.1 Å². The molecule has 0 aliphatic heterocycles. The Balaban J connectivity index is 1.78. The largest absolute Gasteiger partial charge is 0.573 e. The number of hydrogen-bond acceptors (Lipinski definition) is 5. The van der Waals surface area contributed by atoms with Crippen LogP contribution in [-0.4, -0.2) is 27.6 Å². The van der Waals surface area contributed by atoms with Crippen LogP contribution in [0.5, 0.6) is 17.4 Å². The Morgan fingerprint density at radius 1 is 0.878 bits per heavy atom. The summed E-state index contributed by atoms with van der Waals surface area (Å²) in [7, 11) is 0. The van der Waals surface area contributed by atoms with Gasteiger partial charge in [-0.15, -0.1) is 13.2 Å². The molecule has 0 amide bonds. The topological polar surface area (TPSA) is 68.5 Å². The molecule has 4 aromatic rings. The van der Waals surface area contributed by atoms with Gasteiger partial charge >= 0.3 is 19.2 Å². The minimum atomic E-state index is -4.93. The maximum Gasteiger partial charge on any atom is 0.573 e. The zero-order valence-electron chi connectivity index (χ0n) is 21.2. The van der Waals surface area contributed by atoms with E-state index in [1.54, 1.807) is 13.8 Å². The molecular weight excluding hydrogens is 566 g/mol. The Kier molecular flexibility index (Phi) is 7.78. The minimum Gasteiger partial charge on any atom is -0.493 e. The molecule has 2 aromatic carbocycles. The second kappa shape index (κ2) is 10.8. The maximum atomic E-state index is 13.0. The van der Waals surface area contributed by atoms with Crippen LogP contribution in [-0.2, 0) is 11.7 Å². The normalized spacial score (nSPS) is 12.5. The van der Waals surface area contributed by atoms with Crippen molar-refractivity contribution in [2.24, 2.45) is 0 Å². The number of nitrogens with zero attached hydrogens (tertiary/aromatic N) is 2. The second-order valence-electron chi connectivity index (χ2n) is 9.23. The SMILES string of the molecule is CC(C)(Nc1cc(-c2cccc(OC(F)F)c2)n(-c2ccc(OC(F)(F)F)cc2)c1O)c1ccc(C(F)(F)F)nc1. The Bertz CT molecular complexity index is 1500. The monoisotopic (exact) mass is 587 g/mol. The van der Waals surface area contributed by atoms with Gasteiger partial charge in [0.1, 0.15) is 17.2 Å². The predicted molar refractivity (Wildman–Crippen MR) is 132 cm³/mol. The van der Waals surface area contributed by atoms with Gasteiger partial charge in [-0.05, 0) is 67.9 Å². The van der Waals surface area contributed by atoms with E-state index in [2.05, 4.69) is 19.8 Å². The van der Waals surface area contributed by atoms with Crippen LogP contribution in [0.25, 0.3) is 16.9 Å². The molecule has 0 fully saturated rings. The van der Waals surface area contributed by atoms with Crippen molar-refractivity contribution in [3.8, 4) is 34.3 Å². The van der Waals surface area contributed by atoms with Gasteiger partial charge in [0.05, 0.1) is 16.9 Å². The maximum absolute atomic E-state index is 13.0. The van der Waals surface area contributed by atoms with Gasteiger partial charge in [-0.1, -0.05) is 18.2 Å². The number of halogens is 8. The van der Waals surface area contributed by atoms with Crippen LogP contribution in [0, 0.1) is 0 Å². The lowest BCUT2D eigenvalue weighted by atomic mass is 9.95. The minimum absolute atomic E-state index is 0.0701. The molecule has 0 spiro atoms. The zero-order chi connectivity index (χ0) is 30.2. The van der Waals surface area contributed by atoms with Crippen LogP contribution in [0.2, 0.25) is 0 Å². The fraction of sp³-hybridized carbons (Fsp3) is 0.222. The fourth-order valence-corrected chi connectivity index (χ4v) is 4.03. The lowest BCUT2D eigenvalue weighted by molar-refractivity contribution is -0.274. The van der Waals surface area contributed by atoms with Crippen LogP contribution in [0.4, 0.5) is 40.8 Å². The molecule has 4 rings (SSSR count). The van der Waals surface area contributed by atoms with Crippen molar-refractivity contribution in [3.63, 3.8) is 0 Å². The van der Waals surface area contributed by atoms with Crippen molar-refractivity contribution >= 4 is 5.69 Å². The number of nitrogens with one attached hydrogen (secondary N) is 1. The zero-order valence-corrected chi connectivity index (χ0v) is 21.2. The van der Waals surface area contributed by atoms with Gasteiger partial charge in [-0.3, -0.25) is 9.55 Å². The van der Waals surface area contributed by atoms with Crippen molar-refractivity contribution in [1.29, 1.82) is 0 Å². The first-order valence-corrected chi connectivity index (χ1v) is 11.7. The van der Waals surface area contributed by atoms with Crippen molar-refractivity contribution in [2.45, 2.75) is 38.5 Å². The van der Waals surface area contributed by atoms with E-state index in [0.29, 0.717) is 5.56 Å². The standard InChI is InChI=1S/C27H21F8N3O3/c1-25(2,16-6-11-22(36-14-16)26(30,31)32)37-20-13-21(15-4-3-5-19(12-15)40-24(28)29)38(23(20)39)17-7-9-18(10-8-17)41-27(33,34)35/h3-14,24,37,39H,1-2H3. The van der Waals surface area contributed by atoms with Crippen LogP contribution in [0.1, 0.15) is 25.1 Å². The number of ether oxygens (including phenoxy) is 2. The smallest absolute Gasteiger partial charge is 0.493 e. The summed E-state index contributed by atoms with van der Waals surface area (Å²) in [6.45, 7) is 0.129. The van der Waals surface area contributed by atoms with Crippen molar-refractivity contribution in [2.75, 3.05) is 5.32 Å². The Morgan fingerprint density at radius 2 is 1.56 bits per heavy atom. The molecule has 0 bridgehead atoms. The number of aromatic nitrogens is 2. The fourth-order valence-electron chi connectivity index (χ4n) is 4.03. The molecule has 2 N–H and O–H groups in total. The molecule has 14 heteroatoms. The van der Waals surface area contributed by atoms with Crippen LogP contribution < -0.4 is 14.8 Å². The first-order chi connectivity index (χ1) is 19.0. The molecular formula is C27H21F8N3O3. The van der Waals surface area contributed by atoms with Gasteiger partial charge in [0, 0.05) is 17.4 Å². The summed E-state index contributed by atoms with van der Waals surface area (Å²) in [6.07, 6.45) is -8.53. The molecule has 0 saturated carbocycles. The number of rotatable bonds is 8. The molecule has 0 aliphatic rings. The molecule has 0 saturated heterocycles. The average Bonchev–Trinajstić information content (AvgIpc) is 3.18. The van der Waals surface area contributed by atoms with E-state index in [1.807, 2.05) is 0 Å².